The van der Waals surface area contributed by atoms with E-state index in [-0.39, 0.29) is 17.4 Å². The third-order valence-corrected chi connectivity index (χ3v) is 4.52. The number of halogens is 6. The summed E-state index contributed by atoms with van der Waals surface area (Å²) in [6.45, 7) is 1.78. The van der Waals surface area contributed by atoms with Gasteiger partial charge in [-0.25, -0.2) is 0 Å². The molecule has 11 heteroatoms. The number of hydrogen-bond donors (Lipinski definition) is 0. The molecule has 0 spiro atoms. The van der Waals surface area contributed by atoms with Gasteiger partial charge in [0.05, 0.1) is 16.7 Å². The van der Waals surface area contributed by atoms with Crippen LogP contribution in [0.15, 0.2) is 45.9 Å². The molecule has 0 atom stereocenters. The van der Waals surface area contributed by atoms with E-state index in [1.165, 1.54) is 17.8 Å². The van der Waals surface area contributed by atoms with Gasteiger partial charge < -0.3 is 4.52 Å². The van der Waals surface area contributed by atoms with Crippen molar-refractivity contribution in [3.8, 4) is 23.0 Å². The number of hydrogen-bond acceptors (Lipinski definition) is 5. The molecule has 0 radical (unpaired) electrons. The molecular weight excluding hydrogens is 408 g/mol. The van der Waals surface area contributed by atoms with Crippen molar-refractivity contribution in [3.05, 3.63) is 47.7 Å². The Morgan fingerprint density at radius 2 is 1.64 bits per heavy atom. The minimum absolute atomic E-state index is 0.0413. The van der Waals surface area contributed by atoms with Gasteiger partial charge in [0, 0.05) is 11.1 Å². The second-order valence-electron chi connectivity index (χ2n) is 5.49. The average Bonchev–Trinajstić information content (AvgIpc) is 3.10. The molecule has 0 bridgehead atoms. The lowest BCUT2D eigenvalue weighted by Gasteiger charge is -2.10. The highest BCUT2D eigenvalue weighted by atomic mass is 32.2. The van der Waals surface area contributed by atoms with Gasteiger partial charge >= 0.3 is 12.4 Å². The summed E-state index contributed by atoms with van der Waals surface area (Å²) >= 11 is 1.17. The Balaban J connectivity index is 1.95. The molecule has 0 N–H and O–H groups in total. The maximum Gasteiger partial charge on any atom is 0.417 e. The minimum Gasteiger partial charge on any atom is -0.334 e. The summed E-state index contributed by atoms with van der Waals surface area (Å²) in [6, 6.07) is 5.03. The van der Waals surface area contributed by atoms with E-state index in [9.17, 15) is 26.3 Å². The van der Waals surface area contributed by atoms with Gasteiger partial charge in [0.2, 0.25) is 5.82 Å². The van der Waals surface area contributed by atoms with Crippen LogP contribution in [0.4, 0.5) is 26.3 Å². The van der Waals surface area contributed by atoms with Crippen molar-refractivity contribution < 1.29 is 30.9 Å². The van der Waals surface area contributed by atoms with Crippen LogP contribution in [0, 0.1) is 0 Å². The van der Waals surface area contributed by atoms with Gasteiger partial charge in [-0.15, -0.1) is 11.8 Å². The van der Waals surface area contributed by atoms with Gasteiger partial charge in [0.15, 0.2) is 0 Å². The number of alkyl halides is 6. The number of benzene rings is 1. The fraction of sp³-hybridized carbons (Fsp3) is 0.235. The second-order valence-corrected chi connectivity index (χ2v) is 6.80. The molecule has 4 nitrogen and oxygen atoms in total. The molecule has 1 aromatic carbocycles. The summed E-state index contributed by atoms with van der Waals surface area (Å²) in [4.78, 5) is 8.03. The van der Waals surface area contributed by atoms with Gasteiger partial charge in [0.1, 0.15) is 5.69 Å². The van der Waals surface area contributed by atoms with Crippen LogP contribution in [-0.2, 0) is 12.4 Å². The third-order valence-electron chi connectivity index (χ3n) is 3.59. The number of rotatable bonds is 4. The summed E-state index contributed by atoms with van der Waals surface area (Å²) < 4.78 is 81.7. The van der Waals surface area contributed by atoms with Gasteiger partial charge in [0.25, 0.3) is 5.89 Å². The Bertz CT molecular complexity index is 966. The Labute approximate surface area is 159 Å². The normalized spacial score (nSPS) is 12.4. The van der Waals surface area contributed by atoms with E-state index in [0.29, 0.717) is 22.4 Å². The van der Waals surface area contributed by atoms with Crippen LogP contribution in [0.3, 0.4) is 0 Å². The quantitative estimate of drug-likeness (QED) is 0.387. The molecule has 0 aliphatic rings. The molecule has 0 aliphatic carbocycles. The highest BCUT2D eigenvalue weighted by Crippen LogP contribution is 2.37. The van der Waals surface area contributed by atoms with Crippen molar-refractivity contribution in [2.24, 2.45) is 0 Å². The van der Waals surface area contributed by atoms with Crippen LogP contribution in [-0.4, -0.2) is 20.9 Å². The highest BCUT2D eigenvalue weighted by molar-refractivity contribution is 7.99. The molecule has 148 valence electrons. The zero-order valence-electron chi connectivity index (χ0n) is 14.1. The standard InChI is InChI=1S/C17H11F6N3OS/c1-2-28-13-7-9(16(18,19)20)3-5-11(13)15-25-14(26-27-15)12-6-4-10(8-24-12)17(21,22)23/h3-8H,2H2,1H3. The van der Waals surface area contributed by atoms with Crippen LogP contribution in [0.2, 0.25) is 0 Å². The predicted octanol–water partition coefficient (Wildman–Crippen LogP) is 5.95. The Kier molecular flexibility index (Phi) is 5.37. The average molecular weight is 419 g/mol. The third kappa shape index (κ3) is 4.29. The summed E-state index contributed by atoms with van der Waals surface area (Å²) in [5.74, 6) is 0.382. The lowest BCUT2D eigenvalue weighted by atomic mass is 10.1. The van der Waals surface area contributed by atoms with Crippen LogP contribution in [0.25, 0.3) is 23.0 Å². The van der Waals surface area contributed by atoms with Crippen molar-refractivity contribution in [3.63, 3.8) is 0 Å². The lowest BCUT2D eigenvalue weighted by molar-refractivity contribution is -0.138. The molecule has 2 aromatic heterocycles. The molecule has 0 saturated heterocycles. The molecule has 0 amide bonds. The Morgan fingerprint density at radius 3 is 2.21 bits per heavy atom. The first kappa shape index (κ1) is 20.2. The van der Waals surface area contributed by atoms with Crippen LogP contribution in [0.1, 0.15) is 18.1 Å². The molecule has 0 unspecified atom stereocenters. The monoisotopic (exact) mass is 419 g/mol. The van der Waals surface area contributed by atoms with E-state index in [4.69, 9.17) is 4.52 Å². The van der Waals surface area contributed by atoms with Gasteiger partial charge in [-0.1, -0.05) is 12.1 Å². The Hall–Kier alpha value is -2.56. The van der Waals surface area contributed by atoms with Crippen LogP contribution >= 0.6 is 11.8 Å². The van der Waals surface area contributed by atoms with E-state index in [1.807, 2.05) is 0 Å². The lowest BCUT2D eigenvalue weighted by Crippen LogP contribution is -2.05. The maximum atomic E-state index is 12.9. The van der Waals surface area contributed by atoms with E-state index < -0.39 is 23.5 Å². The summed E-state index contributed by atoms with van der Waals surface area (Å²) in [5.41, 5.74) is -1.40. The first-order valence-corrected chi connectivity index (χ1v) is 8.80. The van der Waals surface area contributed by atoms with E-state index in [0.717, 1.165) is 24.3 Å². The highest BCUT2D eigenvalue weighted by Gasteiger charge is 2.32. The van der Waals surface area contributed by atoms with Crippen molar-refractivity contribution >= 4 is 11.8 Å². The van der Waals surface area contributed by atoms with Gasteiger partial charge in [-0.2, -0.15) is 31.3 Å². The summed E-state index contributed by atoms with van der Waals surface area (Å²) in [5, 5.41) is 3.67. The zero-order chi connectivity index (χ0) is 20.5. The van der Waals surface area contributed by atoms with Crippen molar-refractivity contribution in [1.29, 1.82) is 0 Å². The SMILES string of the molecule is CCSc1cc(C(F)(F)F)ccc1-c1nc(-c2ccc(C(F)(F)F)cn2)no1. The van der Waals surface area contributed by atoms with Crippen LogP contribution < -0.4 is 0 Å². The minimum atomic E-state index is -4.53. The summed E-state index contributed by atoms with van der Waals surface area (Å²) in [6.07, 6.45) is -8.38. The largest absolute Gasteiger partial charge is 0.417 e. The maximum absolute atomic E-state index is 12.9. The second kappa shape index (κ2) is 7.46. The molecule has 28 heavy (non-hydrogen) atoms. The Morgan fingerprint density at radius 1 is 0.964 bits per heavy atom. The number of nitrogens with zero attached hydrogens (tertiary/aromatic N) is 3. The first-order valence-electron chi connectivity index (χ1n) is 7.81. The summed E-state index contributed by atoms with van der Waals surface area (Å²) in [7, 11) is 0. The molecule has 3 rings (SSSR count). The molecule has 0 aliphatic heterocycles. The van der Waals surface area contributed by atoms with Gasteiger partial charge in [-0.05, 0) is 36.1 Å². The zero-order valence-corrected chi connectivity index (χ0v) is 14.9. The molecule has 0 saturated carbocycles. The van der Waals surface area contributed by atoms with E-state index >= 15 is 0 Å². The first-order chi connectivity index (χ1) is 13.1. The van der Waals surface area contributed by atoms with Crippen LogP contribution in [0.5, 0.6) is 0 Å². The topological polar surface area (TPSA) is 51.8 Å². The molecule has 0 fully saturated rings. The number of pyridine rings is 1. The van der Waals surface area contributed by atoms with Crippen molar-refractivity contribution in [1.82, 2.24) is 15.1 Å². The fourth-order valence-electron chi connectivity index (χ4n) is 2.28. The molecule has 3 aromatic rings. The predicted molar refractivity (Wildman–Crippen MR) is 89.4 cm³/mol. The smallest absolute Gasteiger partial charge is 0.334 e. The van der Waals surface area contributed by atoms with E-state index in [1.54, 1.807) is 6.92 Å². The van der Waals surface area contributed by atoms with E-state index in [2.05, 4.69) is 15.1 Å². The van der Waals surface area contributed by atoms with Gasteiger partial charge in [-0.3, -0.25) is 4.98 Å². The number of aromatic nitrogens is 3. The molecular formula is C17H11F6N3OS. The van der Waals surface area contributed by atoms with Crippen molar-refractivity contribution in [2.75, 3.05) is 5.75 Å². The van der Waals surface area contributed by atoms with Crippen molar-refractivity contribution in [2.45, 2.75) is 24.2 Å². The molecule has 2 heterocycles. The number of thioether (sulfide) groups is 1. The fourth-order valence-corrected chi connectivity index (χ4v) is 3.11.